The number of nitrogens with one attached hydrogen (secondary N) is 6. The molecule has 0 aliphatic heterocycles. The second-order valence-electron chi connectivity index (χ2n) is 12.1. The van der Waals surface area contributed by atoms with Gasteiger partial charge in [-0.3, -0.25) is 43.3 Å². The summed E-state index contributed by atoms with van der Waals surface area (Å²) in [5.41, 5.74) is 15.8. The highest BCUT2D eigenvalue weighted by Crippen LogP contribution is 2.09. The van der Waals surface area contributed by atoms with Gasteiger partial charge in [-0.05, 0) is 50.0 Å². The molecule has 0 unspecified atom stereocenters. The Bertz CT molecular complexity index is 1290. The van der Waals surface area contributed by atoms with Gasteiger partial charge in [0.05, 0.1) is 13.0 Å². The van der Waals surface area contributed by atoms with E-state index in [1.165, 1.54) is 11.8 Å². The third kappa shape index (κ3) is 21.2. The molecule has 0 aliphatic carbocycles. The molecule has 7 amide bonds. The summed E-state index contributed by atoms with van der Waals surface area (Å²) in [6.45, 7) is 4.08. The molecule has 0 saturated heterocycles. The summed E-state index contributed by atoms with van der Waals surface area (Å²) in [5.74, 6) is -8.56. The van der Waals surface area contributed by atoms with Crippen LogP contribution in [-0.4, -0.2) is 125 Å². The van der Waals surface area contributed by atoms with Crippen molar-refractivity contribution >= 4 is 71.0 Å². The van der Waals surface area contributed by atoms with Crippen molar-refractivity contribution in [1.82, 2.24) is 31.9 Å². The van der Waals surface area contributed by atoms with Crippen LogP contribution < -0.4 is 49.1 Å². The molecule has 0 aromatic rings. The lowest BCUT2D eigenvalue weighted by Gasteiger charge is -2.26. The van der Waals surface area contributed by atoms with E-state index < -0.39 is 96.5 Å². The zero-order valence-electron chi connectivity index (χ0n) is 29.7. The number of aliphatic imine (C=N–C) groups is 1. The maximum atomic E-state index is 13.5. The molecule has 0 aliphatic rings. The number of amides is 7. The molecule has 52 heavy (non-hydrogen) atoms. The van der Waals surface area contributed by atoms with Crippen molar-refractivity contribution in [2.75, 3.05) is 25.1 Å². The number of hydrogen-bond acceptors (Lipinski definition) is 11. The molecule has 0 spiro atoms. The summed E-state index contributed by atoms with van der Waals surface area (Å²) < 4.78 is 0. The van der Waals surface area contributed by atoms with Gasteiger partial charge in [-0.2, -0.15) is 11.8 Å². The summed E-state index contributed by atoms with van der Waals surface area (Å²) in [6.07, 6.45) is 0.633. The molecule has 0 aromatic heterocycles. The van der Waals surface area contributed by atoms with E-state index in [1.807, 2.05) is 0 Å². The first-order chi connectivity index (χ1) is 24.3. The third-order valence-electron chi connectivity index (χ3n) is 6.97. The van der Waals surface area contributed by atoms with Gasteiger partial charge in [-0.25, -0.2) is 4.79 Å². The maximum Gasteiger partial charge on any atom is 0.326 e. The number of nitrogens with zero attached hydrogens (tertiary/aromatic N) is 1. The highest BCUT2D eigenvalue weighted by molar-refractivity contribution is 7.98. The summed E-state index contributed by atoms with van der Waals surface area (Å²) in [7, 11) is 0. The van der Waals surface area contributed by atoms with E-state index in [2.05, 4.69) is 36.9 Å². The molecule has 0 aromatic carbocycles. The number of guanidine groups is 1. The van der Waals surface area contributed by atoms with E-state index in [-0.39, 0.29) is 56.9 Å². The Hall–Kier alpha value is -5.15. The van der Waals surface area contributed by atoms with Gasteiger partial charge in [-0.15, -0.1) is 0 Å². The number of carboxylic acids is 2. The van der Waals surface area contributed by atoms with Crippen molar-refractivity contribution in [3.63, 3.8) is 0 Å². The van der Waals surface area contributed by atoms with E-state index in [0.29, 0.717) is 5.75 Å². The van der Waals surface area contributed by atoms with Crippen molar-refractivity contribution in [3.8, 4) is 0 Å². The first-order valence-corrected chi connectivity index (χ1v) is 17.7. The van der Waals surface area contributed by atoms with Crippen LogP contribution in [0.3, 0.4) is 0 Å². The standard InChI is InChI=1S/C30H52N10O11S/c1-15(2)12-20(25(46)35-14-23(43)37-19(29(50)51)6-5-10-34-30(32)33)40-26(47)17(7-8-22(31)42)38-27(48)18(9-11-52-4)39-28(49)21(13-24(44)45)36-16(3)41/h15,17-21H,5-14H2,1-4H3,(H2,31,42)(H,35,46)(H,36,41)(H,37,43)(H,38,48)(H,39,49)(H,40,47)(H,44,45)(H,50,51)(H4,32,33,34)/t17-,18-,19-,20-,21-/m0/s1. The largest absolute Gasteiger partial charge is 0.481 e. The van der Waals surface area contributed by atoms with Crippen LogP contribution in [0.25, 0.3) is 0 Å². The van der Waals surface area contributed by atoms with Gasteiger partial charge >= 0.3 is 11.9 Å². The topological polar surface area (TPSA) is 357 Å². The molecule has 0 heterocycles. The van der Waals surface area contributed by atoms with Gasteiger partial charge < -0.3 is 59.3 Å². The van der Waals surface area contributed by atoms with E-state index in [9.17, 15) is 48.3 Å². The van der Waals surface area contributed by atoms with Gasteiger partial charge in [0.25, 0.3) is 0 Å². The smallest absolute Gasteiger partial charge is 0.326 e. The van der Waals surface area contributed by atoms with Crippen LogP contribution >= 0.6 is 11.8 Å². The minimum Gasteiger partial charge on any atom is -0.481 e. The lowest BCUT2D eigenvalue weighted by atomic mass is 10.0. The van der Waals surface area contributed by atoms with Crippen LogP contribution in [0.1, 0.15) is 65.7 Å². The fourth-order valence-corrected chi connectivity index (χ4v) is 4.98. The molecule has 0 bridgehead atoms. The van der Waals surface area contributed by atoms with E-state index in [0.717, 1.165) is 6.92 Å². The average Bonchev–Trinajstić information content (AvgIpc) is 3.03. The summed E-state index contributed by atoms with van der Waals surface area (Å²) in [6, 6.07) is -6.79. The van der Waals surface area contributed by atoms with Crippen LogP contribution in [0.4, 0.5) is 0 Å². The van der Waals surface area contributed by atoms with E-state index >= 15 is 0 Å². The van der Waals surface area contributed by atoms with Crippen LogP contribution in [0.2, 0.25) is 0 Å². The fraction of sp³-hybridized carbons (Fsp3) is 0.667. The number of carboxylic acid groups (broad SMARTS) is 2. The second kappa shape index (κ2) is 24.9. The van der Waals surface area contributed by atoms with Crippen molar-refractivity contribution in [3.05, 3.63) is 0 Å². The van der Waals surface area contributed by atoms with Crippen LogP contribution in [-0.2, 0) is 43.2 Å². The average molecular weight is 761 g/mol. The van der Waals surface area contributed by atoms with Gasteiger partial charge in [0.15, 0.2) is 5.96 Å². The summed E-state index contributed by atoms with van der Waals surface area (Å²) >= 11 is 1.33. The number of primary amides is 1. The van der Waals surface area contributed by atoms with Gasteiger partial charge in [0, 0.05) is 19.9 Å². The highest BCUT2D eigenvalue weighted by atomic mass is 32.2. The normalized spacial score (nSPS) is 13.6. The first kappa shape index (κ1) is 46.9. The molecule has 0 fully saturated rings. The number of thioether (sulfide) groups is 1. The number of nitrogens with two attached hydrogens (primary N) is 3. The molecule has 5 atom stereocenters. The monoisotopic (exact) mass is 760 g/mol. The van der Waals surface area contributed by atoms with E-state index in [4.69, 9.17) is 22.3 Å². The number of carbonyl (C=O) groups is 9. The minimum absolute atomic E-state index is 0.00369. The fourth-order valence-electron chi connectivity index (χ4n) is 4.51. The maximum absolute atomic E-state index is 13.5. The van der Waals surface area contributed by atoms with E-state index in [1.54, 1.807) is 20.1 Å². The molecule has 14 N–H and O–H groups in total. The predicted molar refractivity (Wildman–Crippen MR) is 189 cm³/mol. The lowest BCUT2D eigenvalue weighted by molar-refractivity contribution is -0.142. The lowest BCUT2D eigenvalue weighted by Crippen LogP contribution is -2.59. The van der Waals surface area contributed by atoms with Crippen molar-refractivity contribution < 1.29 is 53.4 Å². The molecule has 0 radical (unpaired) electrons. The minimum atomic E-state index is -1.50. The zero-order chi connectivity index (χ0) is 40.0. The molecule has 294 valence electrons. The van der Waals surface area contributed by atoms with Crippen molar-refractivity contribution in [2.24, 2.45) is 28.1 Å². The summed E-state index contributed by atoms with van der Waals surface area (Å²) in [5, 5.41) is 32.8. The Morgan fingerprint density at radius 3 is 1.75 bits per heavy atom. The number of carbonyl (C=O) groups excluding carboxylic acids is 7. The van der Waals surface area contributed by atoms with Gasteiger partial charge in [-0.1, -0.05) is 13.8 Å². The van der Waals surface area contributed by atoms with Crippen molar-refractivity contribution in [1.29, 1.82) is 0 Å². The van der Waals surface area contributed by atoms with Crippen LogP contribution in [0.15, 0.2) is 4.99 Å². The van der Waals surface area contributed by atoms with Crippen LogP contribution in [0, 0.1) is 5.92 Å². The number of aliphatic carboxylic acids is 2. The Morgan fingerprint density at radius 1 is 0.712 bits per heavy atom. The number of hydrogen-bond donors (Lipinski definition) is 11. The number of rotatable bonds is 26. The van der Waals surface area contributed by atoms with Crippen molar-refractivity contribution in [2.45, 2.75) is 95.9 Å². The molecule has 21 nitrogen and oxygen atoms in total. The first-order valence-electron chi connectivity index (χ1n) is 16.3. The highest BCUT2D eigenvalue weighted by Gasteiger charge is 2.32. The molecular formula is C30H52N10O11S. The van der Waals surface area contributed by atoms with Crippen LogP contribution in [0.5, 0.6) is 0 Å². The van der Waals surface area contributed by atoms with Gasteiger partial charge in [0.2, 0.25) is 41.4 Å². The second-order valence-corrected chi connectivity index (χ2v) is 13.1. The molecular weight excluding hydrogens is 708 g/mol. The predicted octanol–water partition coefficient (Wildman–Crippen LogP) is -3.78. The Morgan fingerprint density at radius 2 is 1.27 bits per heavy atom. The quantitative estimate of drug-likeness (QED) is 0.0229. The summed E-state index contributed by atoms with van der Waals surface area (Å²) in [4.78, 5) is 115. The molecule has 22 heteroatoms. The molecule has 0 rings (SSSR count). The Kier molecular flexibility index (Phi) is 22.4. The zero-order valence-corrected chi connectivity index (χ0v) is 30.5. The van der Waals surface area contributed by atoms with Gasteiger partial charge in [0.1, 0.15) is 30.2 Å². The Balaban J connectivity index is 5.88. The molecule has 0 saturated carbocycles. The SMILES string of the molecule is CSCC[C@H](NC(=O)[C@H](CC(=O)O)NC(C)=O)C(=O)N[C@@H](CCC(N)=O)C(=O)N[C@@H](CC(C)C)C(=O)NCC(=O)N[C@@H](CCCN=C(N)N)C(=O)O. The Labute approximate surface area is 305 Å². The third-order valence-corrected chi connectivity index (χ3v) is 7.61.